The van der Waals surface area contributed by atoms with E-state index >= 15 is 0 Å². The zero-order chi connectivity index (χ0) is 17.4. The molecule has 0 radical (unpaired) electrons. The Labute approximate surface area is 154 Å². The molecular formula is C19H21ClN2O2S. The van der Waals surface area contributed by atoms with Gasteiger partial charge >= 0.3 is 0 Å². The monoisotopic (exact) mass is 376 g/mol. The lowest BCUT2D eigenvalue weighted by molar-refractivity contribution is 0.155. The van der Waals surface area contributed by atoms with Gasteiger partial charge in [-0.05, 0) is 49.2 Å². The van der Waals surface area contributed by atoms with Gasteiger partial charge in [-0.1, -0.05) is 36.2 Å². The molecule has 25 heavy (non-hydrogen) atoms. The van der Waals surface area contributed by atoms with Gasteiger partial charge in [0.25, 0.3) is 0 Å². The maximum absolute atomic E-state index is 13.2. The standard InChI is InChI=1S/C19H21ClN2O2S/c20-15-9-11-19(12-10-15)25(23,24)22-17-7-4-8-18(22)14-21(13-17)16-5-2-1-3-6-16/h1-3,5-6,9-12,17-18H,4,7-8,13-14H2/t17-,18-/m0/s1. The number of rotatable bonds is 3. The van der Waals surface area contributed by atoms with Crippen LogP contribution in [-0.4, -0.2) is 37.9 Å². The first-order valence-corrected chi connectivity index (χ1v) is 10.5. The predicted octanol–water partition coefficient (Wildman–Crippen LogP) is 3.77. The van der Waals surface area contributed by atoms with Crippen molar-refractivity contribution in [1.82, 2.24) is 4.31 Å². The first kappa shape index (κ1) is 16.9. The van der Waals surface area contributed by atoms with Crippen molar-refractivity contribution in [1.29, 1.82) is 0 Å². The van der Waals surface area contributed by atoms with Gasteiger partial charge in [-0.15, -0.1) is 0 Å². The summed E-state index contributed by atoms with van der Waals surface area (Å²) in [5.41, 5.74) is 1.17. The third kappa shape index (κ3) is 3.16. The molecule has 2 saturated heterocycles. The number of nitrogens with zero attached hydrogens (tertiary/aromatic N) is 2. The van der Waals surface area contributed by atoms with E-state index < -0.39 is 10.0 Å². The molecule has 0 spiro atoms. The van der Waals surface area contributed by atoms with Gasteiger partial charge in [0.2, 0.25) is 10.0 Å². The Morgan fingerprint density at radius 2 is 1.48 bits per heavy atom. The quantitative estimate of drug-likeness (QED) is 0.818. The van der Waals surface area contributed by atoms with E-state index in [1.807, 2.05) is 18.2 Å². The second-order valence-corrected chi connectivity index (χ2v) is 9.05. The summed E-state index contributed by atoms with van der Waals surface area (Å²) in [6.07, 6.45) is 2.91. The lowest BCUT2D eigenvalue weighted by Gasteiger charge is -2.49. The normalized spacial score (nSPS) is 24.3. The summed E-state index contributed by atoms with van der Waals surface area (Å²) in [5.74, 6) is 0. The molecule has 132 valence electrons. The van der Waals surface area contributed by atoms with Gasteiger partial charge in [0.15, 0.2) is 0 Å². The predicted molar refractivity (Wildman–Crippen MR) is 101 cm³/mol. The summed E-state index contributed by atoms with van der Waals surface area (Å²) in [4.78, 5) is 2.66. The molecule has 0 aliphatic carbocycles. The summed E-state index contributed by atoms with van der Waals surface area (Å²) in [6, 6.07) is 16.8. The minimum absolute atomic E-state index is 0.0217. The molecule has 0 saturated carbocycles. The molecule has 2 atom stereocenters. The number of hydrogen-bond donors (Lipinski definition) is 0. The molecule has 0 N–H and O–H groups in total. The Morgan fingerprint density at radius 1 is 0.880 bits per heavy atom. The molecule has 4 nitrogen and oxygen atoms in total. The van der Waals surface area contributed by atoms with Crippen LogP contribution in [-0.2, 0) is 10.0 Å². The maximum Gasteiger partial charge on any atom is 0.243 e. The fraction of sp³-hybridized carbons (Fsp3) is 0.368. The average molecular weight is 377 g/mol. The molecule has 0 unspecified atom stereocenters. The first-order chi connectivity index (χ1) is 12.1. The van der Waals surface area contributed by atoms with Gasteiger partial charge in [0.1, 0.15) is 0 Å². The minimum Gasteiger partial charge on any atom is -0.368 e. The van der Waals surface area contributed by atoms with Crippen molar-refractivity contribution in [3.8, 4) is 0 Å². The highest BCUT2D eigenvalue weighted by molar-refractivity contribution is 7.89. The SMILES string of the molecule is O=S(=O)(c1ccc(Cl)cc1)N1[C@H]2CCC[C@H]1CN(c1ccccc1)C2. The number of anilines is 1. The van der Waals surface area contributed by atoms with Crippen LogP contribution in [0.1, 0.15) is 19.3 Å². The van der Waals surface area contributed by atoms with Crippen molar-refractivity contribution in [3.05, 3.63) is 59.6 Å². The average Bonchev–Trinajstić information content (AvgIpc) is 2.61. The summed E-state index contributed by atoms with van der Waals surface area (Å²) in [6.45, 7) is 1.49. The van der Waals surface area contributed by atoms with E-state index in [4.69, 9.17) is 11.6 Å². The topological polar surface area (TPSA) is 40.6 Å². The number of piperazine rings is 1. The summed E-state index contributed by atoms with van der Waals surface area (Å²) in [5, 5.41) is 0.549. The lowest BCUT2D eigenvalue weighted by Crippen LogP contribution is -2.62. The van der Waals surface area contributed by atoms with Gasteiger partial charge in [-0.3, -0.25) is 0 Å². The van der Waals surface area contributed by atoms with Crippen LogP contribution < -0.4 is 4.90 Å². The van der Waals surface area contributed by atoms with Crippen molar-refractivity contribution >= 4 is 27.3 Å². The number of para-hydroxylation sites is 1. The minimum atomic E-state index is -3.50. The Hall–Kier alpha value is -1.56. The smallest absolute Gasteiger partial charge is 0.243 e. The highest BCUT2D eigenvalue weighted by atomic mass is 35.5. The van der Waals surface area contributed by atoms with Crippen LogP contribution in [0.2, 0.25) is 5.02 Å². The molecule has 0 amide bonds. The zero-order valence-electron chi connectivity index (χ0n) is 13.9. The van der Waals surface area contributed by atoms with Crippen LogP contribution in [0.3, 0.4) is 0 Å². The Kier molecular flexibility index (Phi) is 4.48. The van der Waals surface area contributed by atoms with Crippen LogP contribution >= 0.6 is 11.6 Å². The second kappa shape index (κ2) is 6.63. The molecule has 6 heteroatoms. The fourth-order valence-electron chi connectivity index (χ4n) is 4.04. The molecule has 2 aromatic rings. The maximum atomic E-state index is 13.2. The van der Waals surface area contributed by atoms with Crippen LogP contribution in [0.25, 0.3) is 0 Å². The van der Waals surface area contributed by atoms with Crippen LogP contribution in [0, 0.1) is 0 Å². The molecular weight excluding hydrogens is 356 g/mol. The third-order valence-electron chi connectivity index (χ3n) is 5.17. The molecule has 2 aromatic carbocycles. The highest BCUT2D eigenvalue weighted by Crippen LogP contribution is 2.35. The van der Waals surface area contributed by atoms with E-state index in [1.165, 1.54) is 5.69 Å². The van der Waals surface area contributed by atoms with E-state index in [1.54, 1.807) is 28.6 Å². The molecule has 2 aliphatic rings. The fourth-order valence-corrected chi connectivity index (χ4v) is 6.02. The molecule has 2 aliphatic heterocycles. The van der Waals surface area contributed by atoms with Crippen LogP contribution in [0.15, 0.2) is 59.5 Å². The molecule has 2 bridgehead atoms. The molecule has 4 rings (SSSR count). The second-order valence-electron chi connectivity index (χ2n) is 6.77. The van der Waals surface area contributed by atoms with E-state index in [0.29, 0.717) is 9.92 Å². The summed E-state index contributed by atoms with van der Waals surface area (Å²) >= 11 is 5.92. The van der Waals surface area contributed by atoms with E-state index in [-0.39, 0.29) is 12.1 Å². The number of hydrogen-bond acceptors (Lipinski definition) is 3. The van der Waals surface area contributed by atoms with Crippen molar-refractivity contribution in [2.24, 2.45) is 0 Å². The Balaban J connectivity index is 1.64. The Morgan fingerprint density at radius 3 is 2.08 bits per heavy atom. The largest absolute Gasteiger partial charge is 0.368 e. The molecule has 2 fully saturated rings. The number of sulfonamides is 1. The molecule has 0 aromatic heterocycles. The van der Waals surface area contributed by atoms with E-state index in [0.717, 1.165) is 32.4 Å². The van der Waals surface area contributed by atoms with Crippen molar-refractivity contribution in [2.75, 3.05) is 18.0 Å². The zero-order valence-corrected chi connectivity index (χ0v) is 15.5. The van der Waals surface area contributed by atoms with Crippen LogP contribution in [0.4, 0.5) is 5.69 Å². The summed E-state index contributed by atoms with van der Waals surface area (Å²) < 4.78 is 28.2. The van der Waals surface area contributed by atoms with Gasteiger partial charge in [-0.2, -0.15) is 4.31 Å². The highest BCUT2D eigenvalue weighted by Gasteiger charge is 2.44. The van der Waals surface area contributed by atoms with Gasteiger partial charge in [0, 0.05) is 35.9 Å². The number of fused-ring (bicyclic) bond motifs is 2. The summed E-state index contributed by atoms with van der Waals surface area (Å²) in [7, 11) is -3.50. The number of piperidine rings is 1. The molecule has 2 heterocycles. The van der Waals surface area contributed by atoms with Crippen molar-refractivity contribution < 1.29 is 8.42 Å². The van der Waals surface area contributed by atoms with E-state index in [2.05, 4.69) is 17.0 Å². The number of benzene rings is 2. The number of halogens is 1. The van der Waals surface area contributed by atoms with Gasteiger partial charge in [0.05, 0.1) is 4.90 Å². The van der Waals surface area contributed by atoms with E-state index in [9.17, 15) is 8.42 Å². The first-order valence-electron chi connectivity index (χ1n) is 8.65. The Bertz CT molecular complexity index is 825. The lowest BCUT2D eigenvalue weighted by atomic mass is 9.94. The van der Waals surface area contributed by atoms with Crippen LogP contribution in [0.5, 0.6) is 0 Å². The van der Waals surface area contributed by atoms with Gasteiger partial charge in [-0.25, -0.2) is 8.42 Å². The third-order valence-corrected chi connectivity index (χ3v) is 7.44. The van der Waals surface area contributed by atoms with Crippen molar-refractivity contribution in [3.63, 3.8) is 0 Å². The van der Waals surface area contributed by atoms with Crippen molar-refractivity contribution in [2.45, 2.75) is 36.2 Å². The van der Waals surface area contributed by atoms with Gasteiger partial charge < -0.3 is 4.90 Å².